The molecule has 0 spiro atoms. The van der Waals surface area contributed by atoms with Gasteiger partial charge in [0, 0.05) is 18.9 Å². The summed E-state index contributed by atoms with van der Waals surface area (Å²) in [4.78, 5) is 11.1. The number of aliphatic hydroxyl groups is 1. The summed E-state index contributed by atoms with van der Waals surface area (Å²) in [6.07, 6.45) is 8.18. The Kier molecular flexibility index (Phi) is 7.39. The highest BCUT2D eigenvalue weighted by Gasteiger charge is 2.46. The second kappa shape index (κ2) is 8.80. The van der Waals surface area contributed by atoms with Crippen LogP contribution < -0.4 is 0 Å². The lowest BCUT2D eigenvalue weighted by Crippen LogP contribution is -2.23. The van der Waals surface area contributed by atoms with Crippen LogP contribution in [0.15, 0.2) is 11.6 Å². The van der Waals surface area contributed by atoms with Crippen molar-refractivity contribution in [1.82, 2.24) is 0 Å². The smallest absolute Gasteiger partial charge is 0.305 e. The van der Waals surface area contributed by atoms with E-state index in [0.29, 0.717) is 30.6 Å². The minimum absolute atomic E-state index is 0.128. The molecular weight excluding hydrogens is 402 g/mol. The number of aliphatic hydroxyl groups excluding tert-OH is 1. The summed E-state index contributed by atoms with van der Waals surface area (Å²) >= 11 is 2.26. The molecule has 120 valence electrons. The fourth-order valence-electron chi connectivity index (χ4n) is 3.82. The predicted octanol–water partition coefficient (Wildman–Crippen LogP) is 3.62. The zero-order valence-corrected chi connectivity index (χ0v) is 15.5. The molecule has 2 saturated carbocycles. The first kappa shape index (κ1) is 17.6. The second-order valence-corrected chi connectivity index (χ2v) is 7.69. The Morgan fingerprint density at radius 2 is 2.33 bits per heavy atom. The van der Waals surface area contributed by atoms with Gasteiger partial charge >= 0.3 is 5.97 Å². The van der Waals surface area contributed by atoms with Crippen molar-refractivity contribution >= 4 is 34.5 Å². The van der Waals surface area contributed by atoms with Crippen LogP contribution in [0, 0.1) is 17.8 Å². The molecule has 2 aliphatic rings. The van der Waals surface area contributed by atoms with E-state index < -0.39 is 0 Å². The van der Waals surface area contributed by atoms with E-state index in [1.165, 1.54) is 12.7 Å². The highest BCUT2D eigenvalue weighted by Crippen LogP contribution is 2.52. The van der Waals surface area contributed by atoms with Crippen LogP contribution in [0.2, 0.25) is 0 Å². The van der Waals surface area contributed by atoms with Gasteiger partial charge in [0.25, 0.3) is 0 Å². The summed E-state index contributed by atoms with van der Waals surface area (Å²) in [6, 6.07) is 0. The minimum Gasteiger partial charge on any atom is -0.469 e. The van der Waals surface area contributed by atoms with E-state index >= 15 is 0 Å². The summed E-state index contributed by atoms with van der Waals surface area (Å²) in [5.41, 5.74) is 1.50. The van der Waals surface area contributed by atoms with Crippen LogP contribution in [0.4, 0.5) is 0 Å². The third-order valence-electron chi connectivity index (χ3n) is 4.84. The molecular formula is C15H24IO4P. The molecule has 1 N–H and O–H groups in total. The predicted molar refractivity (Wildman–Crippen MR) is 92.6 cm³/mol. The monoisotopic (exact) mass is 426 g/mol. The van der Waals surface area contributed by atoms with Gasteiger partial charge in [0.2, 0.25) is 0 Å². The van der Waals surface area contributed by atoms with Gasteiger partial charge in [-0.2, -0.15) is 0 Å². The van der Waals surface area contributed by atoms with Crippen LogP contribution in [0.25, 0.3) is 0 Å². The molecule has 0 bridgehead atoms. The standard InChI is InChI=1S/C15H24IO4P/c1-19-15(18)5-3-2-4-10-6-11-8-14(20-21-16)13(9-17)12(11)7-10/h4,11-14,17,21H,2-3,5-9H2,1H3/t11-,12-,13?,14+/m0/s1. The first-order valence-corrected chi connectivity index (χ1v) is 11.6. The lowest BCUT2D eigenvalue weighted by Gasteiger charge is -2.21. The zero-order chi connectivity index (χ0) is 15.2. The molecule has 21 heavy (non-hydrogen) atoms. The Morgan fingerprint density at radius 1 is 1.52 bits per heavy atom. The van der Waals surface area contributed by atoms with Gasteiger partial charge in [-0.3, -0.25) is 4.79 Å². The highest BCUT2D eigenvalue weighted by atomic mass is 127. The molecule has 6 heteroatoms. The van der Waals surface area contributed by atoms with Crippen molar-refractivity contribution in [3.8, 4) is 0 Å². The van der Waals surface area contributed by atoms with Crippen LogP contribution in [0.1, 0.15) is 38.5 Å². The molecule has 0 amide bonds. The van der Waals surface area contributed by atoms with Crippen molar-refractivity contribution in [3.63, 3.8) is 0 Å². The number of rotatable bonds is 7. The number of carbonyl (C=O) groups excluding carboxylic acids is 1. The molecule has 0 aromatic rings. The average molecular weight is 426 g/mol. The Balaban J connectivity index is 1.80. The van der Waals surface area contributed by atoms with Crippen molar-refractivity contribution in [2.24, 2.45) is 17.8 Å². The number of hydrogen-bond acceptors (Lipinski definition) is 4. The van der Waals surface area contributed by atoms with Crippen LogP contribution in [-0.4, -0.2) is 30.9 Å². The summed E-state index contributed by atoms with van der Waals surface area (Å²) in [5.74, 6) is 1.43. The molecule has 2 unspecified atom stereocenters. The van der Waals surface area contributed by atoms with E-state index in [0.717, 1.165) is 32.1 Å². The van der Waals surface area contributed by atoms with Crippen LogP contribution >= 0.6 is 28.5 Å². The number of hydrogen-bond donors (Lipinski definition) is 1. The Labute approximate surface area is 141 Å². The second-order valence-electron chi connectivity index (χ2n) is 5.98. The van der Waals surface area contributed by atoms with Crippen molar-refractivity contribution in [3.05, 3.63) is 11.6 Å². The van der Waals surface area contributed by atoms with Crippen LogP contribution in [-0.2, 0) is 14.1 Å². The van der Waals surface area contributed by atoms with Crippen molar-refractivity contribution < 1.29 is 19.2 Å². The van der Waals surface area contributed by atoms with E-state index in [2.05, 4.69) is 32.9 Å². The normalized spacial score (nSPS) is 34.0. The lowest BCUT2D eigenvalue weighted by atomic mass is 9.92. The Morgan fingerprint density at radius 3 is 3.00 bits per heavy atom. The van der Waals surface area contributed by atoms with Gasteiger partial charge in [-0.1, -0.05) is 11.6 Å². The van der Waals surface area contributed by atoms with Gasteiger partial charge in [-0.05, 0) is 66.0 Å². The molecule has 5 atom stereocenters. The van der Waals surface area contributed by atoms with Crippen molar-refractivity contribution in [2.75, 3.05) is 13.7 Å². The van der Waals surface area contributed by atoms with E-state index in [-0.39, 0.29) is 18.7 Å². The number of halogens is 1. The quantitative estimate of drug-likeness (QED) is 0.222. The highest BCUT2D eigenvalue weighted by molar-refractivity contribution is 14.2. The third-order valence-corrected chi connectivity index (χ3v) is 6.00. The summed E-state index contributed by atoms with van der Waals surface area (Å²) in [5, 5.41) is 9.65. The van der Waals surface area contributed by atoms with Crippen molar-refractivity contribution in [2.45, 2.75) is 44.6 Å². The largest absolute Gasteiger partial charge is 0.469 e. The molecule has 4 nitrogen and oxygen atoms in total. The van der Waals surface area contributed by atoms with Gasteiger partial charge < -0.3 is 14.4 Å². The molecule has 0 aliphatic heterocycles. The molecule has 0 heterocycles. The van der Waals surface area contributed by atoms with E-state index in [4.69, 9.17) is 4.52 Å². The van der Waals surface area contributed by atoms with Crippen LogP contribution in [0.3, 0.4) is 0 Å². The van der Waals surface area contributed by atoms with E-state index in [1.54, 1.807) is 0 Å². The molecule has 0 radical (unpaired) electrons. The summed E-state index contributed by atoms with van der Waals surface area (Å²) in [6.45, 7) is 0.716. The lowest BCUT2D eigenvalue weighted by molar-refractivity contribution is -0.140. The molecule has 2 fully saturated rings. The fraction of sp³-hybridized carbons (Fsp3) is 0.800. The zero-order valence-electron chi connectivity index (χ0n) is 12.4. The maximum atomic E-state index is 11.1. The minimum atomic E-state index is -0.128. The van der Waals surface area contributed by atoms with Gasteiger partial charge in [0.05, 0.1) is 19.7 Å². The number of esters is 1. The van der Waals surface area contributed by atoms with Crippen LogP contribution in [0.5, 0.6) is 0 Å². The first-order chi connectivity index (χ1) is 10.2. The number of methoxy groups -OCH3 is 1. The molecule has 0 saturated heterocycles. The van der Waals surface area contributed by atoms with E-state index in [9.17, 15) is 9.90 Å². The summed E-state index contributed by atoms with van der Waals surface area (Å²) in [7, 11) is 1.43. The van der Waals surface area contributed by atoms with Gasteiger partial charge in [0.1, 0.15) is 0 Å². The maximum absolute atomic E-state index is 11.1. The molecule has 2 aliphatic carbocycles. The Bertz CT molecular complexity index is 388. The Hall–Kier alpha value is 0.290. The number of allylic oxidation sites excluding steroid dienone is 2. The SMILES string of the molecule is COC(=O)CCCC=C1C[C@H]2C[C@@H](OPI)C(CO)[C@H]2C1. The average Bonchev–Trinajstić information content (AvgIpc) is 3.00. The third kappa shape index (κ3) is 4.63. The maximum Gasteiger partial charge on any atom is 0.305 e. The van der Waals surface area contributed by atoms with E-state index in [1.807, 2.05) is 0 Å². The van der Waals surface area contributed by atoms with Crippen molar-refractivity contribution in [1.29, 1.82) is 0 Å². The summed E-state index contributed by atoms with van der Waals surface area (Å²) < 4.78 is 10.4. The van der Waals surface area contributed by atoms with Gasteiger partial charge in [0.15, 0.2) is 0 Å². The number of unbranched alkanes of at least 4 members (excludes halogenated alkanes) is 1. The number of fused-ring (bicyclic) bond motifs is 1. The number of ether oxygens (including phenoxy) is 1. The number of carbonyl (C=O) groups is 1. The first-order valence-electron chi connectivity index (χ1n) is 7.56. The fourth-order valence-corrected chi connectivity index (χ4v) is 5.18. The molecule has 0 aromatic carbocycles. The topological polar surface area (TPSA) is 55.8 Å². The van der Waals surface area contributed by atoms with Gasteiger partial charge in [-0.15, -0.1) is 0 Å². The molecule has 2 rings (SSSR count). The molecule has 0 aromatic heterocycles. The van der Waals surface area contributed by atoms with Gasteiger partial charge in [-0.25, -0.2) is 0 Å².